The molecule has 166 valence electrons. The summed E-state index contributed by atoms with van der Waals surface area (Å²) in [5.74, 6) is 2.21. The number of rotatable bonds is 5. The van der Waals surface area contributed by atoms with Crippen LogP contribution in [0.4, 0.5) is 0 Å². The van der Waals surface area contributed by atoms with Gasteiger partial charge in [-0.3, -0.25) is 4.79 Å². The number of nitrogens with zero attached hydrogens (tertiary/aromatic N) is 3. The van der Waals surface area contributed by atoms with E-state index in [0.29, 0.717) is 36.6 Å². The Morgan fingerprint density at radius 2 is 2.10 bits per heavy atom. The van der Waals surface area contributed by atoms with Crippen molar-refractivity contribution in [1.29, 1.82) is 0 Å². The van der Waals surface area contributed by atoms with Crippen LogP contribution < -0.4 is 0 Å². The standard InChI is InChI=1S/C24H37N3O3/c1-15(28)30-17-8-11-23(2)16(14-17)4-5-18-19-6-7-21(22(29)10-13-26-27-25)24(19,3)12-9-20(18)23/h4,17-22,29H,5-14H2,1-3H3/t17-,18-,19-,20-,21+,22+,23-,24-/m0/s1. The molecular formula is C24H37N3O3. The maximum absolute atomic E-state index is 11.4. The minimum absolute atomic E-state index is 0.0503. The van der Waals surface area contributed by atoms with Crippen molar-refractivity contribution in [1.82, 2.24) is 0 Å². The van der Waals surface area contributed by atoms with E-state index in [1.54, 1.807) is 0 Å². The minimum Gasteiger partial charge on any atom is -0.462 e. The van der Waals surface area contributed by atoms with Crippen LogP contribution in [0.5, 0.6) is 0 Å². The number of hydrogen-bond acceptors (Lipinski definition) is 4. The smallest absolute Gasteiger partial charge is 0.302 e. The van der Waals surface area contributed by atoms with Gasteiger partial charge in [-0.1, -0.05) is 30.6 Å². The molecule has 0 aromatic rings. The van der Waals surface area contributed by atoms with Crippen LogP contribution in [0.3, 0.4) is 0 Å². The van der Waals surface area contributed by atoms with Crippen LogP contribution in [0.25, 0.3) is 10.4 Å². The van der Waals surface area contributed by atoms with E-state index in [-0.39, 0.29) is 29.0 Å². The molecular weight excluding hydrogens is 378 g/mol. The van der Waals surface area contributed by atoms with Gasteiger partial charge in [0.25, 0.3) is 0 Å². The molecule has 8 atom stereocenters. The van der Waals surface area contributed by atoms with E-state index >= 15 is 0 Å². The topological polar surface area (TPSA) is 95.3 Å². The van der Waals surface area contributed by atoms with Gasteiger partial charge >= 0.3 is 5.97 Å². The normalized spacial score (nSPS) is 43.3. The van der Waals surface area contributed by atoms with Crippen LogP contribution in [0, 0.1) is 34.5 Å². The van der Waals surface area contributed by atoms with Gasteiger partial charge in [0, 0.05) is 24.8 Å². The van der Waals surface area contributed by atoms with Crippen molar-refractivity contribution in [2.75, 3.05) is 6.54 Å². The van der Waals surface area contributed by atoms with Gasteiger partial charge < -0.3 is 9.84 Å². The van der Waals surface area contributed by atoms with Crippen molar-refractivity contribution >= 4 is 5.97 Å². The summed E-state index contributed by atoms with van der Waals surface area (Å²) in [6.07, 6.45) is 11.5. The van der Waals surface area contributed by atoms with E-state index in [1.165, 1.54) is 31.8 Å². The van der Waals surface area contributed by atoms with E-state index in [0.717, 1.165) is 32.1 Å². The molecule has 0 aromatic heterocycles. The van der Waals surface area contributed by atoms with Crippen molar-refractivity contribution in [3.05, 3.63) is 22.1 Å². The summed E-state index contributed by atoms with van der Waals surface area (Å²) in [7, 11) is 0. The highest BCUT2D eigenvalue weighted by molar-refractivity contribution is 5.66. The molecule has 30 heavy (non-hydrogen) atoms. The van der Waals surface area contributed by atoms with Crippen LogP contribution in [-0.4, -0.2) is 29.8 Å². The molecule has 0 aromatic carbocycles. The Bertz CT molecular complexity index is 761. The lowest BCUT2D eigenvalue weighted by atomic mass is 9.47. The molecule has 0 saturated heterocycles. The van der Waals surface area contributed by atoms with E-state index in [4.69, 9.17) is 10.3 Å². The van der Waals surface area contributed by atoms with E-state index < -0.39 is 0 Å². The lowest BCUT2D eigenvalue weighted by Crippen LogP contribution is -2.51. The second kappa shape index (κ2) is 8.20. The highest BCUT2D eigenvalue weighted by atomic mass is 16.5. The summed E-state index contributed by atoms with van der Waals surface area (Å²) in [6.45, 7) is 6.78. The molecule has 3 fully saturated rings. The monoisotopic (exact) mass is 415 g/mol. The van der Waals surface area contributed by atoms with Crippen LogP contribution in [0.2, 0.25) is 0 Å². The molecule has 6 heteroatoms. The average Bonchev–Trinajstić information content (AvgIpc) is 3.05. The number of fused-ring (bicyclic) bond motifs is 5. The first kappa shape index (κ1) is 21.7. The van der Waals surface area contributed by atoms with Gasteiger partial charge in [0.2, 0.25) is 0 Å². The maximum atomic E-state index is 11.4. The Kier molecular flexibility index (Phi) is 5.93. The van der Waals surface area contributed by atoms with Crippen molar-refractivity contribution in [2.45, 2.75) is 90.8 Å². The zero-order valence-electron chi connectivity index (χ0n) is 18.7. The molecule has 6 nitrogen and oxygen atoms in total. The van der Waals surface area contributed by atoms with Crippen LogP contribution >= 0.6 is 0 Å². The number of azide groups is 1. The second-order valence-corrected chi connectivity index (χ2v) is 10.8. The fourth-order valence-corrected chi connectivity index (χ4v) is 8.07. The lowest BCUT2D eigenvalue weighted by molar-refractivity contribution is -0.148. The quantitative estimate of drug-likeness (QED) is 0.209. The summed E-state index contributed by atoms with van der Waals surface area (Å²) in [4.78, 5) is 14.3. The zero-order chi connectivity index (χ0) is 21.5. The van der Waals surface area contributed by atoms with Crippen molar-refractivity contribution in [3.8, 4) is 0 Å². The Hall–Kier alpha value is -1.52. The predicted octanol–water partition coefficient (Wildman–Crippen LogP) is 5.56. The summed E-state index contributed by atoms with van der Waals surface area (Å²) in [5, 5.41) is 14.5. The summed E-state index contributed by atoms with van der Waals surface area (Å²) < 4.78 is 5.55. The third-order valence-corrected chi connectivity index (χ3v) is 9.52. The van der Waals surface area contributed by atoms with Gasteiger partial charge in [0.1, 0.15) is 6.10 Å². The molecule has 0 aliphatic heterocycles. The van der Waals surface area contributed by atoms with Gasteiger partial charge in [0.15, 0.2) is 0 Å². The van der Waals surface area contributed by atoms with Gasteiger partial charge in [0.05, 0.1) is 6.10 Å². The van der Waals surface area contributed by atoms with Crippen molar-refractivity contribution in [3.63, 3.8) is 0 Å². The molecule has 0 heterocycles. The summed E-state index contributed by atoms with van der Waals surface area (Å²) in [6, 6.07) is 0. The Labute approximate surface area is 180 Å². The molecule has 1 N–H and O–H groups in total. The Balaban J connectivity index is 1.51. The largest absolute Gasteiger partial charge is 0.462 e. The number of aliphatic hydroxyl groups is 1. The molecule has 4 aliphatic rings. The molecule has 0 unspecified atom stereocenters. The van der Waals surface area contributed by atoms with Gasteiger partial charge in [-0.05, 0) is 91.4 Å². The fraction of sp³-hybridized carbons (Fsp3) is 0.875. The molecule has 4 aliphatic carbocycles. The third kappa shape index (κ3) is 3.56. The Morgan fingerprint density at radius 3 is 2.83 bits per heavy atom. The predicted molar refractivity (Wildman–Crippen MR) is 115 cm³/mol. The molecule has 4 rings (SSSR count). The van der Waals surface area contributed by atoms with E-state index in [9.17, 15) is 9.90 Å². The highest BCUT2D eigenvalue weighted by Gasteiger charge is 2.59. The van der Waals surface area contributed by atoms with Gasteiger partial charge in [-0.2, -0.15) is 0 Å². The average molecular weight is 416 g/mol. The second-order valence-electron chi connectivity index (χ2n) is 10.8. The minimum atomic E-state index is -0.369. The first-order valence-corrected chi connectivity index (χ1v) is 11.8. The summed E-state index contributed by atoms with van der Waals surface area (Å²) in [5.41, 5.74) is 10.5. The van der Waals surface area contributed by atoms with Gasteiger partial charge in [-0.15, -0.1) is 0 Å². The number of ether oxygens (including phenoxy) is 1. The van der Waals surface area contributed by atoms with Crippen LogP contribution in [-0.2, 0) is 9.53 Å². The number of aliphatic hydroxyl groups excluding tert-OH is 1. The van der Waals surface area contributed by atoms with Crippen molar-refractivity contribution in [2.24, 2.45) is 39.6 Å². The number of carbonyl (C=O) groups is 1. The number of allylic oxidation sites excluding steroid dienone is 1. The Morgan fingerprint density at radius 1 is 1.30 bits per heavy atom. The number of hydrogen-bond donors (Lipinski definition) is 1. The first-order valence-electron chi connectivity index (χ1n) is 11.8. The SMILES string of the molecule is CC(=O)O[C@H]1CC[C@@]2(C)C(=CC[C@H]3[C@@H]4CC[C@H]([C@H](O)CCN=[N+]=[N-])[C@@]4(C)CC[C@@H]32)C1. The first-order chi connectivity index (χ1) is 14.3. The fourth-order valence-electron chi connectivity index (χ4n) is 8.07. The number of carbonyl (C=O) groups excluding carboxylic acids is 1. The molecule has 3 saturated carbocycles. The maximum Gasteiger partial charge on any atom is 0.302 e. The van der Waals surface area contributed by atoms with Crippen molar-refractivity contribution < 1.29 is 14.6 Å². The van der Waals surface area contributed by atoms with E-state index in [2.05, 4.69) is 29.9 Å². The third-order valence-electron chi connectivity index (χ3n) is 9.52. The molecule has 0 spiro atoms. The van der Waals surface area contributed by atoms with Gasteiger partial charge in [-0.25, -0.2) is 0 Å². The molecule has 0 bridgehead atoms. The van der Waals surface area contributed by atoms with E-state index in [1.807, 2.05) is 0 Å². The molecule has 0 radical (unpaired) electrons. The zero-order valence-corrected chi connectivity index (χ0v) is 18.7. The molecule has 0 amide bonds. The highest BCUT2D eigenvalue weighted by Crippen LogP contribution is 2.66. The lowest BCUT2D eigenvalue weighted by Gasteiger charge is -2.58. The number of esters is 1. The van der Waals surface area contributed by atoms with Crippen LogP contribution in [0.1, 0.15) is 78.6 Å². The summed E-state index contributed by atoms with van der Waals surface area (Å²) >= 11 is 0. The van der Waals surface area contributed by atoms with Crippen LogP contribution in [0.15, 0.2) is 16.8 Å².